The van der Waals surface area contributed by atoms with Gasteiger partial charge in [-0.2, -0.15) is 13.2 Å². The van der Waals surface area contributed by atoms with Crippen LogP contribution in [0.3, 0.4) is 0 Å². The molecule has 0 atom stereocenters. The van der Waals surface area contributed by atoms with Gasteiger partial charge in [0, 0.05) is 20.2 Å². The molecular weight excluding hydrogens is 237 g/mol. The maximum atomic E-state index is 11.8. The molecule has 17 heavy (non-hydrogen) atoms. The molecule has 100 valence electrons. The number of ether oxygens (including phenoxy) is 1. The van der Waals surface area contributed by atoms with E-state index in [0.29, 0.717) is 13.1 Å². The molecule has 0 aromatic carbocycles. The molecule has 0 aliphatic carbocycles. The van der Waals surface area contributed by atoms with Crippen LogP contribution in [-0.2, 0) is 9.53 Å². The molecule has 1 rings (SSSR count). The first-order valence-corrected chi connectivity index (χ1v) is 5.49. The van der Waals surface area contributed by atoms with Gasteiger partial charge in [0.15, 0.2) is 0 Å². The average molecular weight is 254 g/mol. The third-order valence-corrected chi connectivity index (χ3v) is 2.72. The van der Waals surface area contributed by atoms with Gasteiger partial charge in [0.25, 0.3) is 0 Å². The van der Waals surface area contributed by atoms with Crippen molar-refractivity contribution in [3.63, 3.8) is 0 Å². The Hall–Kier alpha value is -0.820. The molecule has 1 amide bonds. The van der Waals surface area contributed by atoms with E-state index in [9.17, 15) is 18.0 Å². The van der Waals surface area contributed by atoms with Crippen LogP contribution in [0.2, 0.25) is 0 Å². The van der Waals surface area contributed by atoms with Crippen LogP contribution in [0.15, 0.2) is 0 Å². The van der Waals surface area contributed by atoms with Crippen LogP contribution in [0.1, 0.15) is 12.8 Å². The summed E-state index contributed by atoms with van der Waals surface area (Å²) in [4.78, 5) is 13.1. The molecule has 1 aliphatic heterocycles. The van der Waals surface area contributed by atoms with Crippen molar-refractivity contribution in [2.24, 2.45) is 0 Å². The SMILES string of the molecule is COC1CCN(CC(=O)NCC(F)(F)F)CC1. The standard InChI is InChI=1S/C10H17F3N2O2/c1-17-8-2-4-15(5-3-8)6-9(16)14-7-10(11,12)13/h8H,2-7H2,1H3,(H,14,16). The number of hydrogen-bond acceptors (Lipinski definition) is 3. The summed E-state index contributed by atoms with van der Waals surface area (Å²) in [5.74, 6) is -0.585. The van der Waals surface area contributed by atoms with Crippen molar-refractivity contribution in [1.29, 1.82) is 0 Å². The molecule has 0 radical (unpaired) electrons. The highest BCUT2D eigenvalue weighted by molar-refractivity contribution is 5.78. The summed E-state index contributed by atoms with van der Waals surface area (Å²) < 4.78 is 40.7. The number of carbonyl (C=O) groups is 1. The largest absolute Gasteiger partial charge is 0.405 e. The number of nitrogens with zero attached hydrogens (tertiary/aromatic N) is 1. The number of piperidine rings is 1. The number of likely N-dealkylation sites (tertiary alicyclic amines) is 1. The molecule has 0 saturated carbocycles. The number of halogens is 3. The molecule has 0 unspecified atom stereocenters. The van der Waals surface area contributed by atoms with Crippen molar-refractivity contribution in [2.45, 2.75) is 25.1 Å². The molecule has 4 nitrogen and oxygen atoms in total. The van der Waals surface area contributed by atoms with E-state index in [1.54, 1.807) is 7.11 Å². The van der Waals surface area contributed by atoms with E-state index < -0.39 is 18.6 Å². The highest BCUT2D eigenvalue weighted by atomic mass is 19.4. The van der Waals surface area contributed by atoms with Crippen molar-refractivity contribution in [1.82, 2.24) is 10.2 Å². The smallest absolute Gasteiger partial charge is 0.381 e. The van der Waals surface area contributed by atoms with Gasteiger partial charge >= 0.3 is 6.18 Å². The minimum absolute atomic E-state index is 0.0204. The number of hydrogen-bond donors (Lipinski definition) is 1. The molecule has 0 bridgehead atoms. The molecule has 0 aromatic heterocycles. The van der Waals surface area contributed by atoms with Crippen molar-refractivity contribution in [3.8, 4) is 0 Å². The van der Waals surface area contributed by atoms with E-state index in [1.807, 2.05) is 10.2 Å². The number of alkyl halides is 3. The Labute approximate surface area is 98.1 Å². The zero-order valence-corrected chi connectivity index (χ0v) is 9.72. The Morgan fingerprint density at radius 1 is 1.41 bits per heavy atom. The van der Waals surface area contributed by atoms with E-state index in [1.165, 1.54) is 0 Å². The van der Waals surface area contributed by atoms with E-state index >= 15 is 0 Å². The first-order valence-electron chi connectivity index (χ1n) is 5.49. The molecule has 1 saturated heterocycles. The zero-order valence-electron chi connectivity index (χ0n) is 9.72. The van der Waals surface area contributed by atoms with E-state index in [-0.39, 0.29) is 12.6 Å². The van der Waals surface area contributed by atoms with Gasteiger partial charge in [-0.05, 0) is 12.8 Å². The minimum Gasteiger partial charge on any atom is -0.381 e. The minimum atomic E-state index is -4.35. The zero-order chi connectivity index (χ0) is 12.9. The van der Waals surface area contributed by atoms with Crippen molar-refractivity contribution in [3.05, 3.63) is 0 Å². The third kappa shape index (κ3) is 5.88. The van der Waals surface area contributed by atoms with Crippen LogP contribution < -0.4 is 5.32 Å². The lowest BCUT2D eigenvalue weighted by atomic mass is 10.1. The molecule has 1 N–H and O–H groups in total. The summed E-state index contributed by atoms with van der Waals surface area (Å²) in [5, 5.41) is 1.86. The Bertz CT molecular complexity index is 250. The van der Waals surface area contributed by atoms with Gasteiger partial charge in [0.1, 0.15) is 6.54 Å². The molecule has 1 fully saturated rings. The fourth-order valence-electron chi connectivity index (χ4n) is 1.76. The summed E-state index contributed by atoms with van der Waals surface area (Å²) >= 11 is 0. The van der Waals surface area contributed by atoms with Crippen LogP contribution in [0.25, 0.3) is 0 Å². The molecule has 0 spiro atoms. The number of methoxy groups -OCH3 is 1. The van der Waals surface area contributed by atoms with Crippen LogP contribution in [-0.4, -0.2) is 56.4 Å². The van der Waals surface area contributed by atoms with Gasteiger partial charge < -0.3 is 10.1 Å². The quantitative estimate of drug-likeness (QED) is 0.806. The Balaban J connectivity index is 2.19. The number of rotatable bonds is 4. The molecule has 0 aromatic rings. The summed E-state index contributed by atoms with van der Waals surface area (Å²) in [6, 6.07) is 0. The van der Waals surface area contributed by atoms with E-state index in [2.05, 4.69) is 0 Å². The topological polar surface area (TPSA) is 41.6 Å². The lowest BCUT2D eigenvalue weighted by Crippen LogP contribution is -2.44. The third-order valence-electron chi connectivity index (χ3n) is 2.72. The summed E-state index contributed by atoms with van der Waals surface area (Å²) in [7, 11) is 1.64. The van der Waals surface area contributed by atoms with E-state index in [0.717, 1.165) is 12.8 Å². The molecule has 1 aliphatic rings. The summed E-state index contributed by atoms with van der Waals surface area (Å²) in [5.41, 5.74) is 0. The monoisotopic (exact) mass is 254 g/mol. The van der Waals surface area contributed by atoms with Crippen LogP contribution in [0.5, 0.6) is 0 Å². The number of amides is 1. The predicted molar refractivity (Wildman–Crippen MR) is 55.5 cm³/mol. The average Bonchev–Trinajstić information content (AvgIpc) is 2.27. The van der Waals surface area contributed by atoms with Crippen LogP contribution >= 0.6 is 0 Å². The first kappa shape index (κ1) is 14.2. The second kappa shape index (κ2) is 6.20. The lowest BCUT2D eigenvalue weighted by molar-refractivity contribution is -0.139. The van der Waals surface area contributed by atoms with Crippen LogP contribution in [0, 0.1) is 0 Å². The van der Waals surface area contributed by atoms with Gasteiger partial charge in [0.05, 0.1) is 12.6 Å². The lowest BCUT2D eigenvalue weighted by Gasteiger charge is -2.30. The molecule has 7 heteroatoms. The highest BCUT2D eigenvalue weighted by Crippen LogP contribution is 2.13. The Morgan fingerprint density at radius 3 is 2.47 bits per heavy atom. The van der Waals surface area contributed by atoms with Gasteiger partial charge in [-0.1, -0.05) is 0 Å². The van der Waals surface area contributed by atoms with E-state index in [4.69, 9.17) is 4.74 Å². The van der Waals surface area contributed by atoms with Crippen molar-refractivity contribution >= 4 is 5.91 Å². The van der Waals surface area contributed by atoms with Gasteiger partial charge in [-0.25, -0.2) is 0 Å². The second-order valence-electron chi connectivity index (χ2n) is 4.10. The molecule has 1 heterocycles. The maximum absolute atomic E-state index is 11.8. The fourth-order valence-corrected chi connectivity index (χ4v) is 1.76. The van der Waals surface area contributed by atoms with Crippen LogP contribution in [0.4, 0.5) is 13.2 Å². The first-order chi connectivity index (χ1) is 7.90. The Morgan fingerprint density at radius 2 is 2.00 bits per heavy atom. The van der Waals surface area contributed by atoms with Gasteiger partial charge in [-0.3, -0.25) is 9.69 Å². The van der Waals surface area contributed by atoms with Gasteiger partial charge in [-0.15, -0.1) is 0 Å². The number of nitrogens with one attached hydrogen (secondary N) is 1. The Kier molecular flexibility index (Phi) is 5.20. The van der Waals surface area contributed by atoms with Gasteiger partial charge in [0.2, 0.25) is 5.91 Å². The molecular formula is C10H17F3N2O2. The summed E-state index contributed by atoms with van der Waals surface area (Å²) in [6.07, 6.45) is -2.53. The predicted octanol–water partition coefficient (Wildman–Crippen LogP) is 0.776. The second-order valence-corrected chi connectivity index (χ2v) is 4.10. The van der Waals surface area contributed by atoms with Crippen molar-refractivity contribution in [2.75, 3.05) is 33.3 Å². The van der Waals surface area contributed by atoms with Crippen molar-refractivity contribution < 1.29 is 22.7 Å². The summed E-state index contributed by atoms with van der Waals surface area (Å²) in [6.45, 7) is 0.114. The maximum Gasteiger partial charge on any atom is 0.405 e. The number of carbonyl (C=O) groups excluding carboxylic acids is 1. The highest BCUT2D eigenvalue weighted by Gasteiger charge is 2.28. The fraction of sp³-hybridized carbons (Fsp3) is 0.900. The normalized spacial score (nSPS) is 19.3.